The summed E-state index contributed by atoms with van der Waals surface area (Å²) >= 11 is 0. The number of fused-ring (bicyclic) bond motifs is 1. The Kier molecular flexibility index (Phi) is 3.27. The van der Waals surface area contributed by atoms with Gasteiger partial charge < -0.3 is 14.8 Å². The van der Waals surface area contributed by atoms with Gasteiger partial charge in [-0.05, 0) is 18.6 Å². The molecule has 94 valence electrons. The van der Waals surface area contributed by atoms with E-state index in [-0.39, 0.29) is 29.0 Å². The molecule has 0 aliphatic heterocycles. The minimum absolute atomic E-state index is 0.0852. The van der Waals surface area contributed by atoms with E-state index in [1.165, 1.54) is 12.3 Å². The van der Waals surface area contributed by atoms with Gasteiger partial charge in [0.2, 0.25) is 0 Å². The maximum absolute atomic E-state index is 11.7. The highest BCUT2D eigenvalue weighted by atomic mass is 16.5. The number of rotatable bonds is 3. The number of esters is 1. The average Bonchev–Trinajstić information content (AvgIpc) is 2.40. The Morgan fingerprint density at radius 2 is 2.33 bits per heavy atom. The van der Waals surface area contributed by atoms with Gasteiger partial charge in [-0.3, -0.25) is 9.78 Å². The van der Waals surface area contributed by atoms with E-state index in [2.05, 4.69) is 9.97 Å². The number of H-pyrrole nitrogens is 1. The number of nitrogens with one attached hydrogen (secondary N) is 1. The largest absolute Gasteiger partial charge is 0.505 e. The van der Waals surface area contributed by atoms with Crippen LogP contribution in [0.5, 0.6) is 5.75 Å². The SMILES string of the molecule is CCCOC(=O)c1[nH]c(=O)c2ncccc2c1O. The van der Waals surface area contributed by atoms with Gasteiger partial charge in [0.1, 0.15) is 5.52 Å². The maximum atomic E-state index is 11.7. The van der Waals surface area contributed by atoms with Crippen molar-refractivity contribution >= 4 is 16.9 Å². The minimum Gasteiger partial charge on any atom is -0.505 e. The highest BCUT2D eigenvalue weighted by Gasteiger charge is 2.18. The van der Waals surface area contributed by atoms with Crippen molar-refractivity contribution in [3.8, 4) is 5.75 Å². The van der Waals surface area contributed by atoms with Crippen LogP contribution in [0.4, 0.5) is 0 Å². The van der Waals surface area contributed by atoms with E-state index in [1.807, 2.05) is 6.92 Å². The lowest BCUT2D eigenvalue weighted by Crippen LogP contribution is -2.16. The van der Waals surface area contributed by atoms with Crippen LogP contribution in [0.2, 0.25) is 0 Å². The Bertz CT molecular complexity index is 648. The molecule has 18 heavy (non-hydrogen) atoms. The third-order valence-electron chi connectivity index (χ3n) is 2.39. The average molecular weight is 248 g/mol. The van der Waals surface area contributed by atoms with Crippen molar-refractivity contribution in [2.24, 2.45) is 0 Å². The van der Waals surface area contributed by atoms with Crippen LogP contribution in [-0.2, 0) is 4.74 Å². The van der Waals surface area contributed by atoms with Gasteiger partial charge in [-0.25, -0.2) is 4.79 Å². The molecule has 6 nitrogen and oxygen atoms in total. The Morgan fingerprint density at radius 1 is 1.56 bits per heavy atom. The zero-order valence-corrected chi connectivity index (χ0v) is 9.77. The number of hydrogen-bond acceptors (Lipinski definition) is 5. The fourth-order valence-corrected chi connectivity index (χ4v) is 1.56. The summed E-state index contributed by atoms with van der Waals surface area (Å²) in [5.74, 6) is -1.07. The summed E-state index contributed by atoms with van der Waals surface area (Å²) in [5.41, 5.74) is -0.692. The Labute approximate surface area is 102 Å². The number of pyridine rings is 2. The van der Waals surface area contributed by atoms with Crippen LogP contribution >= 0.6 is 0 Å². The Balaban J connectivity index is 2.56. The molecule has 2 N–H and O–H groups in total. The fraction of sp³-hybridized carbons (Fsp3) is 0.250. The van der Waals surface area contributed by atoms with E-state index in [0.717, 1.165) is 0 Å². The summed E-state index contributed by atoms with van der Waals surface area (Å²) in [4.78, 5) is 29.5. The van der Waals surface area contributed by atoms with Gasteiger partial charge in [-0.1, -0.05) is 6.92 Å². The summed E-state index contributed by atoms with van der Waals surface area (Å²) in [6, 6.07) is 3.09. The number of carbonyl (C=O) groups excluding carboxylic acids is 1. The van der Waals surface area contributed by atoms with Crippen molar-refractivity contribution in [3.05, 3.63) is 34.4 Å². The van der Waals surface area contributed by atoms with Gasteiger partial charge in [-0.2, -0.15) is 0 Å². The first-order valence-electron chi connectivity index (χ1n) is 5.52. The molecule has 0 bridgehead atoms. The third kappa shape index (κ3) is 2.04. The van der Waals surface area contributed by atoms with Gasteiger partial charge in [0.15, 0.2) is 11.4 Å². The predicted molar refractivity (Wildman–Crippen MR) is 64.6 cm³/mol. The van der Waals surface area contributed by atoms with Crippen molar-refractivity contribution in [1.82, 2.24) is 9.97 Å². The molecular weight excluding hydrogens is 236 g/mol. The monoisotopic (exact) mass is 248 g/mol. The number of aromatic nitrogens is 2. The smallest absolute Gasteiger partial charge is 0.358 e. The van der Waals surface area contributed by atoms with Gasteiger partial charge in [0, 0.05) is 6.20 Å². The first-order valence-corrected chi connectivity index (χ1v) is 5.52. The molecule has 0 aliphatic rings. The number of hydrogen-bond donors (Lipinski definition) is 2. The quantitative estimate of drug-likeness (QED) is 0.796. The second kappa shape index (κ2) is 4.87. The lowest BCUT2D eigenvalue weighted by Gasteiger charge is -2.06. The molecule has 2 aromatic rings. The van der Waals surface area contributed by atoms with Crippen molar-refractivity contribution in [1.29, 1.82) is 0 Å². The molecule has 0 saturated heterocycles. The van der Waals surface area contributed by atoms with Crippen molar-refractivity contribution in [2.45, 2.75) is 13.3 Å². The second-order valence-corrected chi connectivity index (χ2v) is 3.71. The van der Waals surface area contributed by atoms with Crippen LogP contribution in [0.3, 0.4) is 0 Å². The van der Waals surface area contributed by atoms with E-state index in [1.54, 1.807) is 6.07 Å². The molecule has 0 atom stereocenters. The molecule has 0 unspecified atom stereocenters. The number of aromatic hydroxyl groups is 1. The third-order valence-corrected chi connectivity index (χ3v) is 2.39. The first-order chi connectivity index (χ1) is 8.65. The molecule has 0 radical (unpaired) electrons. The molecule has 0 aromatic carbocycles. The van der Waals surface area contributed by atoms with Crippen LogP contribution in [0.25, 0.3) is 10.9 Å². The number of nitrogens with zero attached hydrogens (tertiary/aromatic N) is 1. The molecule has 6 heteroatoms. The summed E-state index contributed by atoms with van der Waals surface area (Å²) in [5, 5.41) is 10.2. The fourth-order valence-electron chi connectivity index (χ4n) is 1.56. The van der Waals surface area contributed by atoms with Crippen LogP contribution in [0.15, 0.2) is 23.1 Å². The van der Waals surface area contributed by atoms with E-state index in [0.29, 0.717) is 6.42 Å². The number of ether oxygens (including phenoxy) is 1. The highest BCUT2D eigenvalue weighted by molar-refractivity contribution is 5.97. The highest BCUT2D eigenvalue weighted by Crippen LogP contribution is 2.23. The lowest BCUT2D eigenvalue weighted by molar-refractivity contribution is 0.0494. The van der Waals surface area contributed by atoms with Crippen LogP contribution in [-0.4, -0.2) is 27.7 Å². The van der Waals surface area contributed by atoms with Gasteiger partial charge in [-0.15, -0.1) is 0 Å². The number of carbonyl (C=O) groups is 1. The van der Waals surface area contributed by atoms with Gasteiger partial charge in [0.25, 0.3) is 5.56 Å². The second-order valence-electron chi connectivity index (χ2n) is 3.71. The first kappa shape index (κ1) is 12.1. The van der Waals surface area contributed by atoms with E-state index in [4.69, 9.17) is 4.74 Å². The molecular formula is C12H12N2O4. The predicted octanol–water partition coefficient (Wildman–Crippen LogP) is 1.20. The summed E-state index contributed by atoms with van der Waals surface area (Å²) in [6.45, 7) is 2.07. The van der Waals surface area contributed by atoms with Crippen molar-refractivity contribution in [3.63, 3.8) is 0 Å². The van der Waals surface area contributed by atoms with E-state index in [9.17, 15) is 14.7 Å². The molecule has 2 rings (SSSR count). The number of aromatic amines is 1. The van der Waals surface area contributed by atoms with Crippen LogP contribution in [0, 0.1) is 0 Å². The standard InChI is InChI=1S/C12H12N2O4/c1-2-6-18-12(17)9-10(15)7-4-3-5-13-8(7)11(16)14-9/h3-5,15H,2,6H2,1H3,(H,14,16). The Morgan fingerprint density at radius 3 is 3.06 bits per heavy atom. The van der Waals surface area contributed by atoms with Crippen molar-refractivity contribution in [2.75, 3.05) is 6.61 Å². The molecule has 2 aromatic heterocycles. The van der Waals surface area contributed by atoms with E-state index >= 15 is 0 Å². The molecule has 0 amide bonds. The summed E-state index contributed by atoms with van der Waals surface area (Å²) in [7, 11) is 0. The lowest BCUT2D eigenvalue weighted by atomic mass is 10.2. The minimum atomic E-state index is -0.753. The molecule has 0 aliphatic carbocycles. The van der Waals surface area contributed by atoms with Crippen molar-refractivity contribution < 1.29 is 14.6 Å². The zero-order valence-electron chi connectivity index (χ0n) is 9.77. The maximum Gasteiger partial charge on any atom is 0.358 e. The zero-order chi connectivity index (χ0) is 13.1. The summed E-state index contributed by atoms with van der Waals surface area (Å²) in [6.07, 6.45) is 2.10. The molecule has 0 saturated carbocycles. The van der Waals surface area contributed by atoms with Gasteiger partial charge in [0.05, 0.1) is 12.0 Å². The van der Waals surface area contributed by atoms with Crippen LogP contribution in [0.1, 0.15) is 23.8 Å². The Hall–Kier alpha value is -2.37. The molecule has 0 fully saturated rings. The normalized spacial score (nSPS) is 10.5. The molecule has 2 heterocycles. The topological polar surface area (TPSA) is 92.3 Å². The van der Waals surface area contributed by atoms with Crippen LogP contribution < -0.4 is 5.56 Å². The van der Waals surface area contributed by atoms with E-state index < -0.39 is 11.5 Å². The van der Waals surface area contributed by atoms with Gasteiger partial charge >= 0.3 is 5.97 Å². The summed E-state index contributed by atoms with van der Waals surface area (Å²) < 4.78 is 4.87. The molecule has 0 spiro atoms.